The third-order valence-corrected chi connectivity index (χ3v) is 7.32. The Morgan fingerprint density at radius 1 is 0.490 bits per heavy atom. The molecule has 49 heavy (non-hydrogen) atoms. The summed E-state index contributed by atoms with van der Waals surface area (Å²) >= 11 is 0. The van der Waals surface area contributed by atoms with Gasteiger partial charge in [0.2, 0.25) is 0 Å². The highest BCUT2D eigenvalue weighted by molar-refractivity contribution is 6.04. The van der Waals surface area contributed by atoms with Gasteiger partial charge in [-0.2, -0.15) is 0 Å². The molecule has 2 amide bonds. The largest absolute Gasteiger partial charge is 0.493 e. The van der Waals surface area contributed by atoms with E-state index in [4.69, 9.17) is 18.3 Å². The molecule has 0 atom stereocenters. The van der Waals surface area contributed by atoms with Crippen LogP contribution >= 0.6 is 0 Å². The first-order chi connectivity index (χ1) is 23.9. The summed E-state index contributed by atoms with van der Waals surface area (Å²) in [6.45, 7) is 0.835. The highest BCUT2D eigenvalue weighted by atomic mass is 16.5. The molecule has 6 aromatic rings. The molecule has 10 heteroatoms. The lowest BCUT2D eigenvalue weighted by Gasteiger charge is -2.09. The first kappa shape index (κ1) is 32.3. The number of rotatable bonds is 12. The van der Waals surface area contributed by atoms with Gasteiger partial charge in [0.1, 0.15) is 34.4 Å². The minimum Gasteiger partial charge on any atom is -0.493 e. The lowest BCUT2D eigenvalue weighted by Crippen LogP contribution is -2.17. The molecule has 10 nitrogen and oxygen atoms in total. The summed E-state index contributed by atoms with van der Waals surface area (Å²) in [5, 5.41) is 5.16. The van der Waals surface area contributed by atoms with E-state index in [1.54, 1.807) is 121 Å². The molecule has 0 aliphatic carbocycles. The predicted molar refractivity (Wildman–Crippen MR) is 185 cm³/mol. The number of anilines is 2. The molecule has 244 valence electrons. The minimum absolute atomic E-state index is 0.0570. The molecule has 0 saturated carbocycles. The van der Waals surface area contributed by atoms with Gasteiger partial charge in [0.15, 0.2) is 0 Å². The van der Waals surface area contributed by atoms with Crippen molar-refractivity contribution in [2.75, 3.05) is 23.8 Å². The van der Waals surface area contributed by atoms with Gasteiger partial charge in [-0.1, -0.05) is 36.4 Å². The molecule has 4 aromatic carbocycles. The highest BCUT2D eigenvalue weighted by Gasteiger charge is 2.12. The van der Waals surface area contributed by atoms with Crippen molar-refractivity contribution in [2.45, 2.75) is 6.42 Å². The molecule has 0 radical (unpaired) electrons. The standard InChI is InChI=1S/C39H30N2O8/c42-36(28-8-3-1-4-9-28)40-32-20-22-34(48-38(32)44)26-12-16-30(17-13-26)46-24-7-25-47-31-18-14-27(15-19-31)35-23-21-33(39(45)49-35)41-37(43)29-10-5-2-6-11-29/h1-6,8-23H,7,24-25H2,(H,40,42)(H,41,43). The second-order valence-corrected chi connectivity index (χ2v) is 10.7. The van der Waals surface area contributed by atoms with Crippen molar-refractivity contribution in [3.05, 3.63) is 165 Å². The fourth-order valence-electron chi connectivity index (χ4n) is 4.77. The summed E-state index contributed by atoms with van der Waals surface area (Å²) in [7, 11) is 0. The Labute approximate surface area is 280 Å². The van der Waals surface area contributed by atoms with Crippen LogP contribution in [0.2, 0.25) is 0 Å². The molecule has 6 rings (SSSR count). The molecule has 0 aliphatic heterocycles. The van der Waals surface area contributed by atoms with E-state index in [1.165, 1.54) is 12.1 Å². The summed E-state index contributed by atoms with van der Waals surface area (Å²) < 4.78 is 22.5. The SMILES string of the molecule is O=C(Nc1ccc(-c2ccc(OCCCOc3ccc(-c4ccc(NC(=O)c5ccccc5)c(=O)o4)cc3)cc2)oc1=O)c1ccccc1. The molecule has 0 aliphatic rings. The fourth-order valence-corrected chi connectivity index (χ4v) is 4.77. The van der Waals surface area contributed by atoms with Crippen LogP contribution in [0.25, 0.3) is 22.6 Å². The van der Waals surface area contributed by atoms with E-state index >= 15 is 0 Å². The molecule has 0 bridgehead atoms. The average molecular weight is 655 g/mol. The van der Waals surface area contributed by atoms with E-state index in [-0.39, 0.29) is 11.4 Å². The van der Waals surface area contributed by atoms with Crippen molar-refractivity contribution in [3.8, 4) is 34.1 Å². The van der Waals surface area contributed by atoms with Crippen LogP contribution < -0.4 is 31.4 Å². The van der Waals surface area contributed by atoms with Crippen molar-refractivity contribution < 1.29 is 27.9 Å². The zero-order valence-electron chi connectivity index (χ0n) is 26.1. The van der Waals surface area contributed by atoms with Gasteiger partial charge in [-0.15, -0.1) is 0 Å². The smallest absolute Gasteiger partial charge is 0.360 e. The number of amides is 2. The Morgan fingerprint density at radius 2 is 0.878 bits per heavy atom. The van der Waals surface area contributed by atoms with Crippen molar-refractivity contribution in [2.24, 2.45) is 0 Å². The topological polar surface area (TPSA) is 137 Å². The molecular formula is C39H30N2O8. The van der Waals surface area contributed by atoms with Crippen molar-refractivity contribution >= 4 is 23.2 Å². The molecule has 2 N–H and O–H groups in total. The van der Waals surface area contributed by atoms with E-state index in [1.807, 2.05) is 0 Å². The lowest BCUT2D eigenvalue weighted by molar-refractivity contribution is 0.101. The van der Waals surface area contributed by atoms with Crippen molar-refractivity contribution in [3.63, 3.8) is 0 Å². The van der Waals surface area contributed by atoms with Gasteiger partial charge in [0, 0.05) is 28.7 Å². The summed E-state index contributed by atoms with van der Waals surface area (Å²) in [5.74, 6) is 1.23. The van der Waals surface area contributed by atoms with Crippen molar-refractivity contribution in [1.82, 2.24) is 0 Å². The molecule has 0 fully saturated rings. The van der Waals surface area contributed by atoms with Gasteiger partial charge in [-0.25, -0.2) is 9.59 Å². The summed E-state index contributed by atoms with van der Waals surface area (Å²) in [6, 6.07) is 37.7. The Hall–Kier alpha value is -6.68. The molecule has 2 heterocycles. The van der Waals surface area contributed by atoms with Crippen LogP contribution in [0.15, 0.2) is 152 Å². The maximum Gasteiger partial charge on any atom is 0.360 e. The molecule has 2 aromatic heterocycles. The van der Waals surface area contributed by atoms with Crippen LogP contribution in [0.5, 0.6) is 11.5 Å². The minimum atomic E-state index is -0.650. The van der Waals surface area contributed by atoms with Gasteiger partial charge in [0.05, 0.1) is 13.2 Å². The lowest BCUT2D eigenvalue weighted by atomic mass is 10.1. The maximum atomic E-state index is 12.5. The molecule has 0 unspecified atom stereocenters. The Kier molecular flexibility index (Phi) is 10.1. The van der Waals surface area contributed by atoms with E-state index in [0.29, 0.717) is 64.9 Å². The first-order valence-electron chi connectivity index (χ1n) is 15.4. The number of hydrogen-bond acceptors (Lipinski definition) is 8. The predicted octanol–water partition coefficient (Wildman–Crippen LogP) is 7.28. The maximum absolute atomic E-state index is 12.5. The third-order valence-electron chi connectivity index (χ3n) is 7.32. The van der Waals surface area contributed by atoms with Crippen LogP contribution in [0.1, 0.15) is 27.1 Å². The van der Waals surface area contributed by atoms with E-state index in [0.717, 1.165) is 0 Å². The van der Waals surface area contributed by atoms with Gasteiger partial charge in [-0.05, 0) is 97.1 Å². The number of ether oxygens (including phenoxy) is 2. The van der Waals surface area contributed by atoms with Crippen LogP contribution in [-0.2, 0) is 0 Å². The highest BCUT2D eigenvalue weighted by Crippen LogP contribution is 2.24. The van der Waals surface area contributed by atoms with Crippen LogP contribution in [-0.4, -0.2) is 25.0 Å². The van der Waals surface area contributed by atoms with Gasteiger partial charge in [-0.3, -0.25) is 9.59 Å². The van der Waals surface area contributed by atoms with E-state index in [9.17, 15) is 19.2 Å². The first-order valence-corrected chi connectivity index (χ1v) is 15.4. The summed E-state index contributed by atoms with van der Waals surface area (Å²) in [6.07, 6.45) is 0.625. The number of carbonyl (C=O) groups excluding carboxylic acids is 2. The summed E-state index contributed by atoms with van der Waals surface area (Å²) in [5.41, 5.74) is 1.05. The van der Waals surface area contributed by atoms with Gasteiger partial charge in [0.25, 0.3) is 11.8 Å². The number of benzene rings is 4. The number of hydrogen-bond donors (Lipinski definition) is 2. The third kappa shape index (κ3) is 8.38. The average Bonchev–Trinajstić information content (AvgIpc) is 3.14. The van der Waals surface area contributed by atoms with Crippen LogP contribution in [0, 0.1) is 0 Å². The summed E-state index contributed by atoms with van der Waals surface area (Å²) in [4.78, 5) is 49.7. The van der Waals surface area contributed by atoms with E-state index in [2.05, 4.69) is 10.6 Å². The fraction of sp³-hybridized carbons (Fsp3) is 0.0769. The number of carbonyl (C=O) groups is 2. The Bertz CT molecular complexity index is 2000. The molecule has 0 spiro atoms. The van der Waals surface area contributed by atoms with Crippen molar-refractivity contribution in [1.29, 1.82) is 0 Å². The van der Waals surface area contributed by atoms with Gasteiger partial charge >= 0.3 is 11.3 Å². The molecule has 0 saturated heterocycles. The second kappa shape index (κ2) is 15.3. The normalized spacial score (nSPS) is 10.6. The van der Waals surface area contributed by atoms with Crippen LogP contribution in [0.4, 0.5) is 11.4 Å². The second-order valence-electron chi connectivity index (χ2n) is 10.7. The van der Waals surface area contributed by atoms with Gasteiger partial charge < -0.3 is 28.9 Å². The monoisotopic (exact) mass is 654 g/mol. The zero-order chi connectivity index (χ0) is 34.0. The zero-order valence-corrected chi connectivity index (χ0v) is 26.1. The quantitative estimate of drug-likeness (QED) is 0.131. The molecular weight excluding hydrogens is 624 g/mol. The Balaban J connectivity index is 0.942. The van der Waals surface area contributed by atoms with E-state index < -0.39 is 23.1 Å². The number of nitrogens with one attached hydrogen (secondary N) is 2. The Morgan fingerprint density at radius 3 is 1.24 bits per heavy atom. The van der Waals surface area contributed by atoms with Crippen LogP contribution in [0.3, 0.4) is 0 Å².